The third-order valence-electron chi connectivity index (χ3n) is 4.12. The molecule has 0 unspecified atom stereocenters. The van der Waals surface area contributed by atoms with Crippen LogP contribution in [-0.4, -0.2) is 35.2 Å². The van der Waals surface area contributed by atoms with E-state index < -0.39 is 5.66 Å². The molecule has 132 valence electrons. The van der Waals surface area contributed by atoms with Crippen molar-refractivity contribution < 1.29 is 9.53 Å². The van der Waals surface area contributed by atoms with Crippen molar-refractivity contribution >= 4 is 5.91 Å². The highest BCUT2D eigenvalue weighted by Crippen LogP contribution is 2.36. The molecule has 1 aromatic heterocycles. The Labute approximate surface area is 151 Å². The summed E-state index contributed by atoms with van der Waals surface area (Å²) in [5.41, 5.74) is 1.32. The molecular formula is C19H19N5O2. The largest absolute Gasteiger partial charge is 0.497 e. The summed E-state index contributed by atoms with van der Waals surface area (Å²) >= 11 is 0. The number of carbonyl (C=O) groups excluding carboxylic acids is 1. The molecule has 0 spiro atoms. The Hall–Kier alpha value is -3.27. The van der Waals surface area contributed by atoms with Crippen LogP contribution < -0.4 is 10.1 Å². The smallest absolute Gasteiger partial charge is 0.289 e. The Morgan fingerprint density at radius 2 is 2.00 bits per heavy atom. The maximum absolute atomic E-state index is 12.2. The maximum atomic E-state index is 12.2. The molecule has 0 atom stereocenters. The van der Waals surface area contributed by atoms with Gasteiger partial charge in [-0.2, -0.15) is 10.2 Å². The molecule has 1 amide bonds. The summed E-state index contributed by atoms with van der Waals surface area (Å²) in [6.07, 6.45) is 10.5. The van der Waals surface area contributed by atoms with E-state index >= 15 is 0 Å². The predicted octanol–water partition coefficient (Wildman–Crippen LogP) is 2.85. The van der Waals surface area contributed by atoms with Gasteiger partial charge in [0, 0.05) is 43.8 Å². The zero-order chi connectivity index (χ0) is 18.4. The van der Waals surface area contributed by atoms with Crippen LogP contribution in [0.1, 0.15) is 29.9 Å². The number of ether oxygens (including phenoxy) is 1. The number of terminal acetylenes is 1. The summed E-state index contributed by atoms with van der Waals surface area (Å²) in [6, 6.07) is 7.57. The molecule has 7 nitrogen and oxygen atoms in total. The van der Waals surface area contributed by atoms with Gasteiger partial charge < -0.3 is 10.1 Å². The number of nitrogens with one attached hydrogen (secondary N) is 1. The first kappa shape index (κ1) is 17.5. The number of hydrogen-bond donors (Lipinski definition) is 1. The zero-order valence-corrected chi connectivity index (χ0v) is 14.5. The average molecular weight is 349 g/mol. The third-order valence-corrected chi connectivity index (χ3v) is 4.12. The van der Waals surface area contributed by atoms with Crippen LogP contribution in [0.3, 0.4) is 0 Å². The van der Waals surface area contributed by atoms with Crippen molar-refractivity contribution in [2.75, 3.05) is 13.7 Å². The lowest BCUT2D eigenvalue weighted by molar-refractivity contribution is 0.0941. The van der Waals surface area contributed by atoms with Crippen LogP contribution in [0.5, 0.6) is 5.75 Å². The van der Waals surface area contributed by atoms with Crippen LogP contribution in [0.2, 0.25) is 0 Å². The number of benzene rings is 1. The second-order valence-electron chi connectivity index (χ2n) is 5.92. The van der Waals surface area contributed by atoms with Gasteiger partial charge >= 0.3 is 0 Å². The molecule has 0 saturated heterocycles. The van der Waals surface area contributed by atoms with E-state index in [9.17, 15) is 4.79 Å². The van der Waals surface area contributed by atoms with E-state index in [4.69, 9.17) is 11.2 Å². The quantitative estimate of drug-likeness (QED) is 0.742. The van der Waals surface area contributed by atoms with E-state index in [1.165, 1.54) is 0 Å². The lowest BCUT2D eigenvalue weighted by atomic mass is 10.0. The minimum absolute atomic E-state index is 0.124. The van der Waals surface area contributed by atoms with Crippen molar-refractivity contribution in [1.82, 2.24) is 15.3 Å². The molecule has 7 heteroatoms. The number of rotatable bonds is 8. The molecule has 1 aromatic carbocycles. The minimum Gasteiger partial charge on any atom is -0.497 e. The number of nitrogens with zero attached hydrogens (tertiary/aromatic N) is 4. The monoisotopic (exact) mass is 349 g/mol. The topological polar surface area (TPSA) is 88.8 Å². The van der Waals surface area contributed by atoms with Crippen LogP contribution in [0.25, 0.3) is 11.1 Å². The maximum Gasteiger partial charge on any atom is 0.289 e. The second kappa shape index (κ2) is 7.74. The molecule has 1 N–H and O–H groups in total. The first-order valence-electron chi connectivity index (χ1n) is 8.28. The molecule has 2 heterocycles. The van der Waals surface area contributed by atoms with Crippen LogP contribution in [0, 0.1) is 12.3 Å². The van der Waals surface area contributed by atoms with Crippen LogP contribution in [-0.2, 0) is 0 Å². The van der Waals surface area contributed by atoms with Crippen LogP contribution in [0.4, 0.5) is 0 Å². The fourth-order valence-electron chi connectivity index (χ4n) is 2.52. The molecule has 0 aliphatic carbocycles. The first-order chi connectivity index (χ1) is 12.7. The van der Waals surface area contributed by atoms with Crippen molar-refractivity contribution in [3.05, 3.63) is 42.5 Å². The van der Waals surface area contributed by atoms with Gasteiger partial charge in [-0.15, -0.1) is 12.3 Å². The summed E-state index contributed by atoms with van der Waals surface area (Å²) in [7, 11) is 1.61. The molecule has 0 saturated carbocycles. The van der Waals surface area contributed by atoms with Crippen molar-refractivity contribution in [2.24, 2.45) is 10.2 Å². The molecule has 0 bridgehead atoms. The molecule has 2 aromatic rings. The van der Waals surface area contributed by atoms with Crippen molar-refractivity contribution in [3.8, 4) is 29.2 Å². The van der Waals surface area contributed by atoms with E-state index in [0.29, 0.717) is 25.8 Å². The van der Waals surface area contributed by atoms with E-state index in [1.807, 2.05) is 24.3 Å². The number of aromatic nitrogens is 2. The normalized spacial score (nSPS) is 13.7. The van der Waals surface area contributed by atoms with Gasteiger partial charge in [-0.1, -0.05) is 12.1 Å². The summed E-state index contributed by atoms with van der Waals surface area (Å²) < 4.78 is 5.21. The molecule has 1 aliphatic rings. The van der Waals surface area contributed by atoms with E-state index in [0.717, 1.165) is 16.9 Å². The standard InChI is InChI=1S/C19H19N5O2/c1-3-4-8-19(23-24-19)9-10-20-18(25)17-21-12-15(13-22-17)14-6-5-7-16(11-14)26-2/h1,5-7,11-13H,4,8-10H2,2H3,(H,20,25). The molecular weight excluding hydrogens is 330 g/mol. The fourth-order valence-corrected chi connectivity index (χ4v) is 2.52. The highest BCUT2D eigenvalue weighted by atomic mass is 16.5. The minimum atomic E-state index is -0.406. The van der Waals surface area contributed by atoms with E-state index in [2.05, 4.69) is 31.4 Å². The summed E-state index contributed by atoms with van der Waals surface area (Å²) in [6.45, 7) is 0.442. The van der Waals surface area contributed by atoms with Crippen LogP contribution >= 0.6 is 0 Å². The van der Waals surface area contributed by atoms with Gasteiger partial charge in [0.05, 0.1) is 7.11 Å². The Morgan fingerprint density at radius 3 is 2.65 bits per heavy atom. The fraction of sp³-hybridized carbons (Fsp3) is 0.316. The molecule has 26 heavy (non-hydrogen) atoms. The SMILES string of the molecule is C#CCCC1(CCNC(=O)c2ncc(-c3cccc(OC)c3)cn2)N=N1. The van der Waals surface area contributed by atoms with Crippen molar-refractivity contribution in [2.45, 2.75) is 24.9 Å². The second-order valence-corrected chi connectivity index (χ2v) is 5.92. The number of hydrogen-bond acceptors (Lipinski definition) is 6. The zero-order valence-electron chi connectivity index (χ0n) is 14.5. The first-order valence-corrected chi connectivity index (χ1v) is 8.28. The Bertz CT molecular complexity index is 849. The molecule has 0 radical (unpaired) electrons. The van der Waals surface area contributed by atoms with Gasteiger partial charge in [-0.3, -0.25) is 4.79 Å². The van der Waals surface area contributed by atoms with Crippen molar-refractivity contribution in [1.29, 1.82) is 0 Å². The molecule has 0 fully saturated rings. The number of carbonyl (C=O) groups is 1. The van der Waals surface area contributed by atoms with Gasteiger partial charge in [0.1, 0.15) is 5.75 Å². The Kier molecular flexibility index (Phi) is 5.23. The molecule has 3 rings (SSSR count). The van der Waals surface area contributed by atoms with E-state index in [-0.39, 0.29) is 11.7 Å². The van der Waals surface area contributed by atoms with Gasteiger partial charge in [0.25, 0.3) is 5.91 Å². The summed E-state index contributed by atoms with van der Waals surface area (Å²) in [4.78, 5) is 20.5. The summed E-state index contributed by atoms with van der Waals surface area (Å²) in [5, 5.41) is 10.9. The highest BCUT2D eigenvalue weighted by molar-refractivity contribution is 5.90. The van der Waals surface area contributed by atoms with Crippen LogP contribution in [0.15, 0.2) is 46.9 Å². The number of amides is 1. The molecule has 1 aliphatic heterocycles. The lowest BCUT2D eigenvalue weighted by Crippen LogP contribution is -2.29. The van der Waals surface area contributed by atoms with Crippen molar-refractivity contribution in [3.63, 3.8) is 0 Å². The predicted molar refractivity (Wildman–Crippen MR) is 96.6 cm³/mol. The van der Waals surface area contributed by atoms with Gasteiger partial charge in [-0.05, 0) is 17.7 Å². The third kappa shape index (κ3) is 4.22. The average Bonchev–Trinajstić information content (AvgIpc) is 3.46. The van der Waals surface area contributed by atoms with Gasteiger partial charge in [-0.25, -0.2) is 9.97 Å². The van der Waals surface area contributed by atoms with Gasteiger partial charge in [0.2, 0.25) is 5.82 Å². The Balaban J connectivity index is 1.55. The summed E-state index contributed by atoms with van der Waals surface area (Å²) in [5.74, 6) is 3.13. The lowest BCUT2D eigenvalue weighted by Gasteiger charge is -2.09. The Morgan fingerprint density at radius 1 is 1.23 bits per heavy atom. The number of methoxy groups -OCH3 is 1. The highest BCUT2D eigenvalue weighted by Gasteiger charge is 2.38. The van der Waals surface area contributed by atoms with E-state index in [1.54, 1.807) is 19.5 Å². The van der Waals surface area contributed by atoms with Gasteiger partial charge in [0.15, 0.2) is 5.66 Å².